The van der Waals surface area contributed by atoms with Gasteiger partial charge in [0.05, 0.1) is 10.9 Å². The van der Waals surface area contributed by atoms with Crippen LogP contribution in [0.25, 0.3) is 0 Å². The Bertz CT molecular complexity index is 888. The number of anilines is 3. The first-order valence-corrected chi connectivity index (χ1v) is 9.58. The summed E-state index contributed by atoms with van der Waals surface area (Å²) in [6.07, 6.45) is 0. The molecule has 3 rings (SSSR count). The van der Waals surface area contributed by atoms with Gasteiger partial charge in [0, 0.05) is 12.7 Å². The van der Waals surface area contributed by atoms with Crippen molar-refractivity contribution in [2.24, 2.45) is 0 Å². The first kappa shape index (κ1) is 18.3. The van der Waals surface area contributed by atoms with Crippen molar-refractivity contribution in [3.63, 3.8) is 0 Å². The minimum Gasteiger partial charge on any atom is -0.328 e. The van der Waals surface area contributed by atoms with Crippen LogP contribution in [-0.4, -0.2) is 28.4 Å². The van der Waals surface area contributed by atoms with Crippen LogP contribution in [0, 0.1) is 5.82 Å². The van der Waals surface area contributed by atoms with Crippen molar-refractivity contribution in [3.8, 4) is 0 Å². The average Bonchev–Trinajstić information content (AvgIpc) is 3.10. The Hall–Kier alpha value is -2.45. The molecular weight excluding hydrogens is 371 g/mol. The number of benzene rings is 2. The number of nitrogens with one attached hydrogen (secondary N) is 1. The third kappa shape index (κ3) is 4.39. The van der Waals surface area contributed by atoms with Gasteiger partial charge in [0.1, 0.15) is 5.82 Å². The maximum absolute atomic E-state index is 13.7. The summed E-state index contributed by atoms with van der Waals surface area (Å²) in [6.45, 7) is 1.83. The first-order chi connectivity index (χ1) is 12.5. The van der Waals surface area contributed by atoms with Crippen molar-refractivity contribution in [1.29, 1.82) is 0 Å². The van der Waals surface area contributed by atoms with Crippen LogP contribution in [0.3, 0.4) is 0 Å². The molecule has 0 aliphatic heterocycles. The molecule has 8 heteroatoms. The summed E-state index contributed by atoms with van der Waals surface area (Å²) in [7, 11) is 1.75. The Morgan fingerprint density at radius 2 is 1.85 bits per heavy atom. The summed E-state index contributed by atoms with van der Waals surface area (Å²) in [4.78, 5) is 14.2. The first-order valence-electron chi connectivity index (χ1n) is 7.89. The Morgan fingerprint density at radius 3 is 2.58 bits per heavy atom. The van der Waals surface area contributed by atoms with E-state index in [1.165, 1.54) is 29.2 Å². The molecule has 1 aromatic heterocycles. The number of amides is 1. The fraction of sp³-hybridized carbons (Fsp3) is 0.167. The van der Waals surface area contributed by atoms with E-state index in [1.54, 1.807) is 30.1 Å². The fourth-order valence-corrected chi connectivity index (χ4v) is 4.24. The lowest BCUT2D eigenvalue weighted by molar-refractivity contribution is -0.117. The number of halogens is 1. The molecule has 0 saturated carbocycles. The zero-order chi connectivity index (χ0) is 18.5. The molecule has 5 nitrogen and oxygen atoms in total. The highest BCUT2D eigenvalue weighted by Gasteiger charge is 2.21. The van der Waals surface area contributed by atoms with Gasteiger partial charge in [-0.05, 0) is 31.2 Å². The quantitative estimate of drug-likeness (QED) is 0.627. The van der Waals surface area contributed by atoms with Crippen LogP contribution in [0.4, 0.5) is 20.9 Å². The predicted octanol–water partition coefficient (Wildman–Crippen LogP) is 4.56. The second-order valence-corrected chi connectivity index (χ2v) is 8.04. The van der Waals surface area contributed by atoms with E-state index in [4.69, 9.17) is 0 Å². The molecule has 0 fully saturated rings. The number of rotatable bonds is 6. The predicted molar refractivity (Wildman–Crippen MR) is 105 cm³/mol. The van der Waals surface area contributed by atoms with Gasteiger partial charge >= 0.3 is 0 Å². The summed E-state index contributed by atoms with van der Waals surface area (Å²) in [5.41, 5.74) is 1.18. The lowest BCUT2D eigenvalue weighted by atomic mass is 10.3. The molecule has 2 aromatic carbocycles. The molecule has 0 radical (unpaired) electrons. The molecule has 26 heavy (non-hydrogen) atoms. The van der Waals surface area contributed by atoms with E-state index < -0.39 is 0 Å². The number of hydrogen-bond acceptors (Lipinski definition) is 6. The number of carbonyl (C=O) groups excluding carboxylic acids is 1. The lowest BCUT2D eigenvalue weighted by Gasteiger charge is -2.20. The van der Waals surface area contributed by atoms with Crippen molar-refractivity contribution < 1.29 is 9.18 Å². The van der Waals surface area contributed by atoms with Crippen LogP contribution < -0.4 is 10.2 Å². The average molecular weight is 388 g/mol. The Labute approximate surface area is 159 Å². The molecule has 1 amide bonds. The standard InChI is InChI=1S/C18H17FN4OS2/c1-12(16(24)23(2)13-8-4-3-5-9-13)25-18-22-21-17(26-18)20-15-11-7-6-10-14(15)19/h3-12H,1-2H3,(H,20,21). The molecule has 0 aliphatic carbocycles. The third-order valence-corrected chi connectivity index (χ3v) is 5.63. The maximum Gasteiger partial charge on any atom is 0.240 e. The van der Waals surface area contributed by atoms with E-state index in [0.29, 0.717) is 15.2 Å². The van der Waals surface area contributed by atoms with Crippen molar-refractivity contribution in [2.45, 2.75) is 16.5 Å². The molecule has 1 atom stereocenters. The summed E-state index contributed by atoms with van der Waals surface area (Å²) in [5.74, 6) is -0.384. The molecule has 1 heterocycles. The van der Waals surface area contributed by atoms with Gasteiger partial charge in [-0.2, -0.15) is 0 Å². The number of aromatic nitrogens is 2. The SMILES string of the molecule is CC(Sc1nnc(Nc2ccccc2F)s1)C(=O)N(C)c1ccccc1. The second-order valence-electron chi connectivity index (χ2n) is 5.47. The van der Waals surface area contributed by atoms with Crippen molar-refractivity contribution >= 4 is 45.5 Å². The van der Waals surface area contributed by atoms with Gasteiger partial charge in [-0.1, -0.05) is 53.4 Å². The van der Waals surface area contributed by atoms with Crippen LogP contribution in [0.15, 0.2) is 58.9 Å². The van der Waals surface area contributed by atoms with E-state index in [9.17, 15) is 9.18 Å². The smallest absolute Gasteiger partial charge is 0.240 e. The molecule has 0 saturated heterocycles. The van der Waals surface area contributed by atoms with E-state index in [1.807, 2.05) is 37.3 Å². The Balaban J connectivity index is 1.63. The van der Waals surface area contributed by atoms with Crippen molar-refractivity contribution in [2.75, 3.05) is 17.3 Å². The van der Waals surface area contributed by atoms with Crippen LogP contribution >= 0.6 is 23.1 Å². The van der Waals surface area contributed by atoms with E-state index in [0.717, 1.165) is 5.69 Å². The molecular formula is C18H17FN4OS2. The maximum atomic E-state index is 13.7. The number of carbonyl (C=O) groups is 1. The molecule has 1 unspecified atom stereocenters. The van der Waals surface area contributed by atoms with E-state index in [2.05, 4.69) is 15.5 Å². The minimum atomic E-state index is -0.357. The topological polar surface area (TPSA) is 58.1 Å². The van der Waals surface area contributed by atoms with Crippen molar-refractivity contribution in [3.05, 3.63) is 60.4 Å². The zero-order valence-corrected chi connectivity index (χ0v) is 15.9. The van der Waals surface area contributed by atoms with Crippen LogP contribution in [0.5, 0.6) is 0 Å². The van der Waals surface area contributed by atoms with Gasteiger partial charge < -0.3 is 10.2 Å². The highest BCUT2D eigenvalue weighted by molar-refractivity contribution is 8.02. The molecule has 1 N–H and O–H groups in total. The van der Waals surface area contributed by atoms with Gasteiger partial charge in [-0.15, -0.1) is 10.2 Å². The summed E-state index contributed by atoms with van der Waals surface area (Å²) >= 11 is 2.61. The summed E-state index contributed by atoms with van der Waals surface area (Å²) in [6, 6.07) is 15.8. The van der Waals surface area contributed by atoms with Gasteiger partial charge in [0.15, 0.2) is 4.34 Å². The highest BCUT2D eigenvalue weighted by atomic mass is 32.2. The lowest BCUT2D eigenvalue weighted by Crippen LogP contribution is -2.33. The Kier molecular flexibility index (Phi) is 5.85. The van der Waals surface area contributed by atoms with Crippen LogP contribution in [-0.2, 0) is 4.79 Å². The highest BCUT2D eigenvalue weighted by Crippen LogP contribution is 2.31. The minimum absolute atomic E-state index is 0.0278. The largest absolute Gasteiger partial charge is 0.328 e. The normalized spacial score (nSPS) is 11.8. The van der Waals surface area contributed by atoms with Crippen LogP contribution in [0.1, 0.15) is 6.92 Å². The van der Waals surface area contributed by atoms with Gasteiger partial charge in [-0.25, -0.2) is 4.39 Å². The number of thioether (sulfide) groups is 1. The van der Waals surface area contributed by atoms with E-state index >= 15 is 0 Å². The fourth-order valence-electron chi connectivity index (χ4n) is 2.24. The van der Waals surface area contributed by atoms with Gasteiger partial charge in [0.25, 0.3) is 0 Å². The van der Waals surface area contributed by atoms with Gasteiger partial charge in [0.2, 0.25) is 11.0 Å². The van der Waals surface area contributed by atoms with Crippen LogP contribution in [0.2, 0.25) is 0 Å². The summed E-state index contributed by atoms with van der Waals surface area (Å²) in [5, 5.41) is 11.1. The van der Waals surface area contributed by atoms with E-state index in [-0.39, 0.29) is 17.0 Å². The third-order valence-electron chi connectivity index (χ3n) is 3.62. The monoisotopic (exact) mass is 388 g/mol. The zero-order valence-electron chi connectivity index (χ0n) is 14.2. The van der Waals surface area contributed by atoms with Crippen molar-refractivity contribution in [1.82, 2.24) is 10.2 Å². The Morgan fingerprint density at radius 1 is 1.15 bits per heavy atom. The molecule has 134 valence electrons. The second kappa shape index (κ2) is 8.29. The molecule has 0 spiro atoms. The molecule has 3 aromatic rings. The summed E-state index contributed by atoms with van der Waals surface area (Å²) < 4.78 is 14.3. The number of para-hydroxylation sites is 2. The number of nitrogens with zero attached hydrogens (tertiary/aromatic N) is 3. The molecule has 0 bridgehead atoms. The number of hydrogen-bond donors (Lipinski definition) is 1. The molecule has 0 aliphatic rings. The van der Waals surface area contributed by atoms with Gasteiger partial charge in [-0.3, -0.25) is 4.79 Å².